The summed E-state index contributed by atoms with van der Waals surface area (Å²) in [5, 5.41) is 11.3. The van der Waals surface area contributed by atoms with Crippen LogP contribution in [0, 0.1) is 5.41 Å². The van der Waals surface area contributed by atoms with E-state index in [4.69, 9.17) is 10.8 Å². The van der Waals surface area contributed by atoms with Gasteiger partial charge in [0.25, 0.3) is 0 Å². The average molecular weight is 258 g/mol. The first-order valence-corrected chi connectivity index (χ1v) is 6.50. The number of hydrogen-bond donors (Lipinski definition) is 3. The van der Waals surface area contributed by atoms with E-state index in [0.717, 1.165) is 19.3 Å². The van der Waals surface area contributed by atoms with Gasteiger partial charge in [-0.25, -0.2) is 0 Å². The van der Waals surface area contributed by atoms with Crippen LogP contribution in [-0.4, -0.2) is 29.6 Å². The van der Waals surface area contributed by atoms with Gasteiger partial charge in [0.15, 0.2) is 0 Å². The third-order valence-corrected chi connectivity index (χ3v) is 2.83. The monoisotopic (exact) mass is 258 g/mol. The van der Waals surface area contributed by atoms with Gasteiger partial charge in [-0.05, 0) is 18.3 Å². The van der Waals surface area contributed by atoms with Gasteiger partial charge in [0.1, 0.15) is 0 Å². The Hall–Kier alpha value is -1.10. The molecule has 0 bridgehead atoms. The maximum absolute atomic E-state index is 11.7. The minimum Gasteiger partial charge on any atom is -0.481 e. The van der Waals surface area contributed by atoms with Crippen molar-refractivity contribution in [3.8, 4) is 0 Å². The zero-order valence-corrected chi connectivity index (χ0v) is 11.7. The molecule has 0 rings (SSSR count). The molecule has 0 radical (unpaired) electrons. The first-order valence-electron chi connectivity index (χ1n) is 6.50. The Morgan fingerprint density at radius 2 is 1.72 bits per heavy atom. The fraction of sp³-hybridized carbons (Fsp3) is 0.846. The van der Waals surface area contributed by atoms with Crippen LogP contribution in [0.25, 0.3) is 0 Å². The second-order valence-corrected chi connectivity index (χ2v) is 5.69. The smallest absolute Gasteiger partial charge is 0.303 e. The summed E-state index contributed by atoms with van der Waals surface area (Å²) in [4.78, 5) is 21.9. The topological polar surface area (TPSA) is 92.4 Å². The Bertz CT molecular complexity index is 272. The van der Waals surface area contributed by atoms with Gasteiger partial charge in [-0.15, -0.1) is 0 Å². The largest absolute Gasteiger partial charge is 0.481 e. The third kappa shape index (κ3) is 8.06. The molecule has 0 saturated heterocycles. The number of carboxylic acids is 1. The summed E-state index contributed by atoms with van der Waals surface area (Å²) in [5.41, 5.74) is 5.58. The van der Waals surface area contributed by atoms with Crippen molar-refractivity contribution in [2.75, 3.05) is 6.54 Å². The van der Waals surface area contributed by atoms with Gasteiger partial charge in [-0.1, -0.05) is 33.6 Å². The van der Waals surface area contributed by atoms with Gasteiger partial charge < -0.3 is 16.2 Å². The van der Waals surface area contributed by atoms with Gasteiger partial charge in [0, 0.05) is 13.0 Å². The Labute approximate surface area is 109 Å². The van der Waals surface area contributed by atoms with Crippen molar-refractivity contribution in [3.63, 3.8) is 0 Å². The normalized spacial score (nSPS) is 13.1. The van der Waals surface area contributed by atoms with Crippen LogP contribution in [0.1, 0.15) is 52.9 Å². The highest BCUT2D eigenvalue weighted by atomic mass is 16.4. The number of aliphatic carboxylic acids is 1. The SMILES string of the molecule is CC(C)(C)[C@@H](N)C(=O)NCCCCCCC(=O)O. The van der Waals surface area contributed by atoms with E-state index in [2.05, 4.69) is 5.32 Å². The fourth-order valence-corrected chi connectivity index (χ4v) is 1.47. The van der Waals surface area contributed by atoms with E-state index in [1.54, 1.807) is 0 Å². The lowest BCUT2D eigenvalue weighted by Crippen LogP contribution is -2.48. The molecule has 0 aliphatic carbocycles. The van der Waals surface area contributed by atoms with Crippen LogP contribution >= 0.6 is 0 Å². The molecule has 0 heterocycles. The highest BCUT2D eigenvalue weighted by Gasteiger charge is 2.26. The molecule has 0 aromatic heterocycles. The lowest BCUT2D eigenvalue weighted by atomic mass is 9.87. The van der Waals surface area contributed by atoms with Gasteiger partial charge >= 0.3 is 5.97 Å². The standard InChI is InChI=1S/C13H26N2O3/c1-13(2,3)11(14)12(18)15-9-7-5-4-6-8-10(16)17/h11H,4-9,14H2,1-3H3,(H,15,18)(H,16,17)/t11-/m0/s1. The number of nitrogens with two attached hydrogens (primary N) is 1. The summed E-state index contributed by atoms with van der Waals surface area (Å²) in [6.07, 6.45) is 3.60. The second kappa shape index (κ2) is 8.08. The summed E-state index contributed by atoms with van der Waals surface area (Å²) in [7, 11) is 0. The minimum atomic E-state index is -0.751. The maximum Gasteiger partial charge on any atom is 0.303 e. The van der Waals surface area contributed by atoms with E-state index in [1.807, 2.05) is 20.8 Å². The number of amides is 1. The minimum absolute atomic E-state index is 0.118. The summed E-state index contributed by atoms with van der Waals surface area (Å²) in [6, 6.07) is -0.496. The molecule has 0 aliphatic heterocycles. The Balaban J connectivity index is 3.55. The highest BCUT2D eigenvalue weighted by molar-refractivity contribution is 5.82. The molecule has 0 aromatic carbocycles. The Morgan fingerprint density at radius 1 is 1.17 bits per heavy atom. The first kappa shape index (κ1) is 16.9. The molecule has 4 N–H and O–H groups in total. The second-order valence-electron chi connectivity index (χ2n) is 5.69. The average Bonchev–Trinajstić information content (AvgIpc) is 2.24. The van der Waals surface area contributed by atoms with E-state index in [9.17, 15) is 9.59 Å². The van der Waals surface area contributed by atoms with Gasteiger partial charge in [0.2, 0.25) is 5.91 Å². The molecule has 0 aliphatic rings. The summed E-state index contributed by atoms with van der Waals surface area (Å²) < 4.78 is 0. The number of unbranched alkanes of at least 4 members (excludes halogenated alkanes) is 3. The molecular formula is C13H26N2O3. The number of rotatable bonds is 8. The zero-order chi connectivity index (χ0) is 14.2. The lowest BCUT2D eigenvalue weighted by Gasteiger charge is -2.25. The van der Waals surface area contributed by atoms with Crippen molar-refractivity contribution in [2.45, 2.75) is 58.9 Å². The van der Waals surface area contributed by atoms with Crippen LogP contribution in [-0.2, 0) is 9.59 Å². The summed E-state index contributed by atoms with van der Waals surface area (Å²) >= 11 is 0. The predicted molar refractivity (Wildman–Crippen MR) is 71.2 cm³/mol. The fourth-order valence-electron chi connectivity index (χ4n) is 1.47. The zero-order valence-electron chi connectivity index (χ0n) is 11.7. The first-order chi connectivity index (χ1) is 8.25. The van der Waals surface area contributed by atoms with Crippen LogP contribution in [0.2, 0.25) is 0 Å². The number of carboxylic acid groups (broad SMARTS) is 1. The Morgan fingerprint density at radius 3 is 2.22 bits per heavy atom. The predicted octanol–water partition coefficient (Wildman–Crippen LogP) is 1.51. The molecule has 1 amide bonds. The molecule has 5 nitrogen and oxygen atoms in total. The van der Waals surface area contributed by atoms with Crippen LogP contribution in [0.4, 0.5) is 0 Å². The molecule has 18 heavy (non-hydrogen) atoms. The van der Waals surface area contributed by atoms with E-state index >= 15 is 0 Å². The van der Waals surface area contributed by atoms with Gasteiger partial charge in [-0.2, -0.15) is 0 Å². The van der Waals surface area contributed by atoms with Crippen molar-refractivity contribution < 1.29 is 14.7 Å². The van der Waals surface area contributed by atoms with E-state index in [-0.39, 0.29) is 17.7 Å². The summed E-state index contributed by atoms with van der Waals surface area (Å²) in [6.45, 7) is 6.41. The van der Waals surface area contributed by atoms with E-state index in [1.165, 1.54) is 0 Å². The maximum atomic E-state index is 11.7. The number of carbonyl (C=O) groups is 2. The number of nitrogens with one attached hydrogen (secondary N) is 1. The third-order valence-electron chi connectivity index (χ3n) is 2.83. The van der Waals surface area contributed by atoms with Crippen LogP contribution in [0.5, 0.6) is 0 Å². The molecule has 0 aromatic rings. The van der Waals surface area contributed by atoms with Gasteiger partial charge in [-0.3, -0.25) is 9.59 Å². The molecule has 0 saturated carbocycles. The van der Waals surface area contributed by atoms with Crippen molar-refractivity contribution >= 4 is 11.9 Å². The highest BCUT2D eigenvalue weighted by Crippen LogP contribution is 2.17. The molecule has 0 unspecified atom stereocenters. The van der Waals surface area contributed by atoms with Crippen molar-refractivity contribution in [3.05, 3.63) is 0 Å². The molecule has 5 heteroatoms. The molecular weight excluding hydrogens is 232 g/mol. The molecule has 106 valence electrons. The number of carbonyl (C=O) groups excluding carboxylic acids is 1. The molecule has 1 atom stereocenters. The van der Waals surface area contributed by atoms with Crippen molar-refractivity contribution in [2.24, 2.45) is 11.1 Å². The number of hydrogen-bond acceptors (Lipinski definition) is 3. The van der Waals surface area contributed by atoms with Crippen LogP contribution < -0.4 is 11.1 Å². The van der Waals surface area contributed by atoms with Crippen molar-refractivity contribution in [1.82, 2.24) is 5.32 Å². The van der Waals surface area contributed by atoms with Crippen molar-refractivity contribution in [1.29, 1.82) is 0 Å². The van der Waals surface area contributed by atoms with Gasteiger partial charge in [0.05, 0.1) is 6.04 Å². The quantitative estimate of drug-likeness (QED) is 0.575. The summed E-state index contributed by atoms with van der Waals surface area (Å²) in [5.74, 6) is -0.868. The van der Waals surface area contributed by atoms with Crippen LogP contribution in [0.3, 0.4) is 0 Å². The lowest BCUT2D eigenvalue weighted by molar-refractivity contribution is -0.137. The molecule has 0 fully saturated rings. The molecule has 0 spiro atoms. The van der Waals surface area contributed by atoms with Crippen LogP contribution in [0.15, 0.2) is 0 Å². The van der Waals surface area contributed by atoms with E-state index < -0.39 is 12.0 Å². The Kier molecular flexibility index (Phi) is 7.59. The van der Waals surface area contributed by atoms with E-state index in [0.29, 0.717) is 13.0 Å².